The van der Waals surface area contributed by atoms with Gasteiger partial charge in [0.05, 0.1) is 11.3 Å². The van der Waals surface area contributed by atoms with Gasteiger partial charge in [-0.25, -0.2) is 15.0 Å². The van der Waals surface area contributed by atoms with Crippen molar-refractivity contribution in [2.24, 2.45) is 0 Å². The molecule has 6 aromatic rings. The molecule has 0 bridgehead atoms. The van der Waals surface area contributed by atoms with E-state index >= 15 is 0 Å². The summed E-state index contributed by atoms with van der Waals surface area (Å²) in [5.41, 5.74) is 13.9. The van der Waals surface area contributed by atoms with Gasteiger partial charge in [-0.05, 0) is 85.5 Å². The first-order valence-electron chi connectivity index (χ1n) is 15.5. The fourth-order valence-corrected chi connectivity index (χ4v) is 6.07. The molecule has 1 saturated heterocycles. The number of nitrogens with two attached hydrogens (primary N) is 1. The lowest BCUT2D eigenvalue weighted by Crippen LogP contribution is -2.44. The number of piperidine rings is 1. The third kappa shape index (κ3) is 5.92. The Morgan fingerprint density at radius 2 is 1.72 bits per heavy atom. The van der Waals surface area contributed by atoms with Crippen LogP contribution in [0.2, 0.25) is 0 Å². The first kappa shape index (κ1) is 29.2. The van der Waals surface area contributed by atoms with E-state index in [2.05, 4.69) is 56.2 Å². The van der Waals surface area contributed by atoms with E-state index in [1.807, 2.05) is 42.5 Å². The van der Waals surface area contributed by atoms with Gasteiger partial charge in [0.1, 0.15) is 17.1 Å². The average Bonchev–Trinajstić information content (AvgIpc) is 3.46. The minimum absolute atomic E-state index is 0.0954. The van der Waals surface area contributed by atoms with E-state index in [-0.39, 0.29) is 17.7 Å². The van der Waals surface area contributed by atoms with Gasteiger partial charge in [0.15, 0.2) is 11.5 Å². The van der Waals surface area contributed by atoms with Crippen LogP contribution in [0.3, 0.4) is 0 Å². The summed E-state index contributed by atoms with van der Waals surface area (Å²) in [5.74, 6) is 1.21. The zero-order valence-corrected chi connectivity index (χ0v) is 25.6. The summed E-state index contributed by atoms with van der Waals surface area (Å²) in [6.07, 6.45) is 3.44. The normalized spacial score (nSPS) is 14.0. The summed E-state index contributed by atoms with van der Waals surface area (Å²) < 4.78 is 2.06. The summed E-state index contributed by atoms with van der Waals surface area (Å²) in [6.45, 7) is 4.40. The molecule has 4 heterocycles. The number of nitrogens with zero attached hydrogens (tertiary/aromatic N) is 5. The Hall–Kier alpha value is -5.54. The van der Waals surface area contributed by atoms with E-state index in [1.165, 1.54) is 5.56 Å². The second kappa shape index (κ2) is 12.5. The standard InChI is InChI=1S/C37H35N7O2/c1-24-22-27(11-16-33(24)45)37(46)40-28-17-20-43(21-18-28)23-25-9-12-29(13-10-25)44-35(30-8-5-19-39-34(30)38)42-32-15-14-31(41-36(32)44)26-6-3-2-4-7-26/h2-16,19,22,28,45H,17-18,20-21,23H2,1H3,(H2,38,39)(H,40,46). The number of carbonyl (C=O) groups excluding carboxylic acids is 1. The smallest absolute Gasteiger partial charge is 0.251 e. The zero-order chi connectivity index (χ0) is 31.6. The Labute approximate surface area is 267 Å². The number of imidazole rings is 1. The molecule has 0 radical (unpaired) electrons. The van der Waals surface area contributed by atoms with Gasteiger partial charge in [-0.3, -0.25) is 14.3 Å². The van der Waals surface area contributed by atoms with Gasteiger partial charge in [0.2, 0.25) is 0 Å². The molecule has 1 fully saturated rings. The molecule has 9 nitrogen and oxygen atoms in total. The number of phenolic OH excluding ortho intramolecular Hbond substituents is 1. The van der Waals surface area contributed by atoms with Crippen LogP contribution in [0.4, 0.5) is 5.82 Å². The van der Waals surface area contributed by atoms with Crippen molar-refractivity contribution < 1.29 is 9.90 Å². The maximum Gasteiger partial charge on any atom is 0.251 e. The van der Waals surface area contributed by atoms with Crippen molar-refractivity contribution in [2.45, 2.75) is 32.4 Å². The number of nitrogen functional groups attached to an aromatic ring is 1. The number of nitrogens with one attached hydrogen (secondary N) is 1. The minimum Gasteiger partial charge on any atom is -0.508 e. The highest BCUT2D eigenvalue weighted by atomic mass is 16.3. The predicted molar refractivity (Wildman–Crippen MR) is 181 cm³/mol. The van der Waals surface area contributed by atoms with Crippen molar-refractivity contribution in [3.05, 3.63) is 120 Å². The lowest BCUT2D eigenvalue weighted by atomic mass is 10.0. The first-order chi connectivity index (χ1) is 22.4. The summed E-state index contributed by atoms with van der Waals surface area (Å²) in [6, 6.07) is 31.5. The van der Waals surface area contributed by atoms with Crippen molar-refractivity contribution in [3.63, 3.8) is 0 Å². The lowest BCUT2D eigenvalue weighted by molar-refractivity contribution is 0.0909. The molecule has 0 unspecified atom stereocenters. The highest BCUT2D eigenvalue weighted by Crippen LogP contribution is 2.32. The van der Waals surface area contributed by atoms with E-state index in [1.54, 1.807) is 31.3 Å². The van der Waals surface area contributed by atoms with Crippen LogP contribution in [0.1, 0.15) is 34.3 Å². The highest BCUT2D eigenvalue weighted by Gasteiger charge is 2.22. The molecule has 4 N–H and O–H groups in total. The fourth-order valence-electron chi connectivity index (χ4n) is 6.07. The lowest BCUT2D eigenvalue weighted by Gasteiger charge is -2.32. The molecule has 0 atom stereocenters. The van der Waals surface area contributed by atoms with Gasteiger partial charge in [0, 0.05) is 48.7 Å². The summed E-state index contributed by atoms with van der Waals surface area (Å²) in [4.78, 5) is 29.5. The molecule has 7 rings (SSSR count). The van der Waals surface area contributed by atoms with E-state index < -0.39 is 0 Å². The predicted octanol–water partition coefficient (Wildman–Crippen LogP) is 6.14. The number of pyridine rings is 2. The van der Waals surface area contributed by atoms with E-state index in [0.29, 0.717) is 22.8 Å². The Morgan fingerprint density at radius 3 is 2.46 bits per heavy atom. The molecule has 9 heteroatoms. The van der Waals surface area contributed by atoms with Crippen molar-refractivity contribution in [1.82, 2.24) is 29.7 Å². The van der Waals surface area contributed by atoms with Crippen LogP contribution in [0.5, 0.6) is 5.75 Å². The number of hydrogen-bond donors (Lipinski definition) is 3. The van der Waals surface area contributed by atoms with Gasteiger partial charge < -0.3 is 16.2 Å². The molecular formula is C37H35N7O2. The Kier molecular flexibility index (Phi) is 7.90. The number of aromatic nitrogens is 4. The third-order valence-corrected chi connectivity index (χ3v) is 8.64. The molecule has 3 aromatic heterocycles. The summed E-state index contributed by atoms with van der Waals surface area (Å²) >= 11 is 0. The maximum atomic E-state index is 12.8. The number of rotatable bonds is 7. The number of carbonyl (C=O) groups is 1. The molecule has 1 aliphatic heterocycles. The van der Waals surface area contributed by atoms with E-state index in [4.69, 9.17) is 15.7 Å². The van der Waals surface area contributed by atoms with Gasteiger partial charge in [-0.2, -0.15) is 0 Å². The molecule has 0 aliphatic carbocycles. The molecule has 1 aliphatic rings. The number of benzene rings is 3. The molecular weight excluding hydrogens is 574 g/mol. The Morgan fingerprint density at radius 1 is 0.935 bits per heavy atom. The van der Waals surface area contributed by atoms with Crippen molar-refractivity contribution in [2.75, 3.05) is 18.8 Å². The molecule has 46 heavy (non-hydrogen) atoms. The van der Waals surface area contributed by atoms with Crippen LogP contribution < -0.4 is 11.1 Å². The van der Waals surface area contributed by atoms with Crippen LogP contribution in [0, 0.1) is 6.92 Å². The Bertz CT molecular complexity index is 2010. The minimum atomic E-state index is -0.0954. The fraction of sp³-hybridized carbons (Fsp3) is 0.189. The molecule has 0 spiro atoms. The second-order valence-corrected chi connectivity index (χ2v) is 11.8. The maximum absolute atomic E-state index is 12.8. The number of likely N-dealkylation sites (tertiary alicyclic amines) is 1. The number of hydrogen-bond acceptors (Lipinski definition) is 7. The van der Waals surface area contributed by atoms with Crippen molar-refractivity contribution in [3.8, 4) is 34.1 Å². The van der Waals surface area contributed by atoms with Gasteiger partial charge >= 0.3 is 0 Å². The van der Waals surface area contributed by atoms with Crippen LogP contribution in [0.25, 0.3) is 39.5 Å². The third-order valence-electron chi connectivity index (χ3n) is 8.64. The van der Waals surface area contributed by atoms with E-state index in [0.717, 1.165) is 66.1 Å². The number of anilines is 1. The Balaban J connectivity index is 1.09. The zero-order valence-electron chi connectivity index (χ0n) is 25.6. The van der Waals surface area contributed by atoms with Crippen LogP contribution in [-0.4, -0.2) is 54.6 Å². The van der Waals surface area contributed by atoms with Gasteiger partial charge in [0.25, 0.3) is 5.91 Å². The average molecular weight is 610 g/mol. The number of aromatic hydroxyl groups is 1. The first-order valence-corrected chi connectivity index (χ1v) is 15.5. The number of fused-ring (bicyclic) bond motifs is 1. The highest BCUT2D eigenvalue weighted by molar-refractivity contribution is 5.94. The quantitative estimate of drug-likeness (QED) is 0.199. The van der Waals surface area contributed by atoms with Crippen LogP contribution >= 0.6 is 0 Å². The van der Waals surface area contributed by atoms with Crippen molar-refractivity contribution in [1.29, 1.82) is 0 Å². The van der Waals surface area contributed by atoms with Crippen LogP contribution in [-0.2, 0) is 6.54 Å². The monoisotopic (exact) mass is 609 g/mol. The second-order valence-electron chi connectivity index (χ2n) is 11.8. The van der Waals surface area contributed by atoms with Crippen LogP contribution in [0.15, 0.2) is 103 Å². The van der Waals surface area contributed by atoms with Gasteiger partial charge in [-0.1, -0.05) is 42.5 Å². The molecule has 3 aromatic carbocycles. The number of amides is 1. The molecule has 0 saturated carbocycles. The summed E-state index contributed by atoms with van der Waals surface area (Å²) in [7, 11) is 0. The largest absolute Gasteiger partial charge is 0.508 e. The SMILES string of the molecule is Cc1cc(C(=O)NC2CCN(Cc3ccc(-n4c(-c5cccnc5N)nc5ccc(-c6ccccc6)nc54)cc3)CC2)ccc1O. The number of aryl methyl sites for hydroxylation is 1. The molecule has 230 valence electrons. The summed E-state index contributed by atoms with van der Waals surface area (Å²) in [5, 5.41) is 12.9. The van der Waals surface area contributed by atoms with Gasteiger partial charge in [-0.15, -0.1) is 0 Å². The van der Waals surface area contributed by atoms with E-state index in [9.17, 15) is 9.90 Å². The number of phenols is 1. The van der Waals surface area contributed by atoms with Crippen molar-refractivity contribution >= 4 is 22.9 Å². The topological polar surface area (TPSA) is 122 Å². The molecule has 1 amide bonds.